The number of rotatable bonds is 3. The second-order valence-electron chi connectivity index (χ2n) is 3.99. The molecule has 1 aromatic carbocycles. The van der Waals surface area contributed by atoms with Gasteiger partial charge in [0.15, 0.2) is 0 Å². The number of nitrogens with two attached hydrogens (primary N) is 1. The van der Waals surface area contributed by atoms with Crippen LogP contribution in [0, 0.1) is 0 Å². The number of carbonyl (C=O) groups excluding carboxylic acids is 1. The molecule has 2 N–H and O–H groups in total. The molecule has 1 atom stereocenters. The largest absolute Gasteiger partial charge is 0.368 e. The Morgan fingerprint density at radius 1 is 1.29 bits per heavy atom. The average Bonchev–Trinajstić information content (AvgIpc) is 2.80. The Morgan fingerprint density at radius 2 is 1.94 bits per heavy atom. The third-order valence-electron chi connectivity index (χ3n) is 2.88. The predicted molar refractivity (Wildman–Crippen MR) is 62.6 cm³/mol. The standard InChI is InChI=1S/C11H14N2O3S/c12-11(14)10-7-4-8-13(10)17(15,16)9-5-2-1-3-6-9/h1-3,5-6,10H,4,7-8H2,(H2,12,14). The van der Waals surface area contributed by atoms with Gasteiger partial charge in [0.2, 0.25) is 15.9 Å². The maximum atomic E-state index is 12.3. The molecule has 2 rings (SSSR count). The SMILES string of the molecule is NC(=O)C1CCCN1S(=O)(=O)c1ccccc1. The number of amides is 1. The maximum absolute atomic E-state index is 12.3. The Hall–Kier alpha value is -1.40. The second-order valence-corrected chi connectivity index (χ2v) is 5.88. The van der Waals surface area contributed by atoms with E-state index < -0.39 is 22.0 Å². The molecule has 0 aromatic heterocycles. The first-order chi connectivity index (χ1) is 8.03. The summed E-state index contributed by atoms with van der Waals surface area (Å²) in [5, 5.41) is 0. The van der Waals surface area contributed by atoms with Gasteiger partial charge in [0.1, 0.15) is 6.04 Å². The zero-order valence-electron chi connectivity index (χ0n) is 9.24. The monoisotopic (exact) mass is 254 g/mol. The first-order valence-electron chi connectivity index (χ1n) is 5.39. The fourth-order valence-corrected chi connectivity index (χ4v) is 3.73. The third-order valence-corrected chi connectivity index (χ3v) is 4.80. The highest BCUT2D eigenvalue weighted by atomic mass is 32.2. The van der Waals surface area contributed by atoms with Crippen molar-refractivity contribution >= 4 is 15.9 Å². The molecule has 1 heterocycles. The van der Waals surface area contributed by atoms with Crippen LogP contribution in [0.25, 0.3) is 0 Å². The molecular weight excluding hydrogens is 240 g/mol. The van der Waals surface area contributed by atoms with Crippen LogP contribution >= 0.6 is 0 Å². The Labute approximate surface area is 100 Å². The minimum absolute atomic E-state index is 0.202. The van der Waals surface area contributed by atoms with Crippen molar-refractivity contribution in [2.45, 2.75) is 23.8 Å². The molecule has 0 spiro atoms. The van der Waals surface area contributed by atoms with Gasteiger partial charge in [-0.1, -0.05) is 18.2 Å². The van der Waals surface area contributed by atoms with Crippen molar-refractivity contribution < 1.29 is 13.2 Å². The van der Waals surface area contributed by atoms with Gasteiger partial charge in [0.05, 0.1) is 4.90 Å². The van der Waals surface area contributed by atoms with Crippen LogP contribution in [0.3, 0.4) is 0 Å². The molecule has 1 aliphatic heterocycles. The summed E-state index contributed by atoms with van der Waals surface area (Å²) in [5.74, 6) is -0.581. The summed E-state index contributed by atoms with van der Waals surface area (Å²) in [6.45, 7) is 0.352. The molecule has 1 saturated heterocycles. The first-order valence-corrected chi connectivity index (χ1v) is 6.83. The van der Waals surface area contributed by atoms with Crippen molar-refractivity contribution in [3.05, 3.63) is 30.3 Å². The number of hydrogen-bond donors (Lipinski definition) is 1. The second kappa shape index (κ2) is 4.46. The summed E-state index contributed by atoms with van der Waals surface area (Å²) in [6.07, 6.45) is 1.17. The summed E-state index contributed by atoms with van der Waals surface area (Å²) in [4.78, 5) is 11.4. The summed E-state index contributed by atoms with van der Waals surface area (Å²) in [7, 11) is -3.60. The van der Waals surface area contributed by atoms with E-state index >= 15 is 0 Å². The van der Waals surface area contributed by atoms with Crippen LogP contribution in [0.5, 0.6) is 0 Å². The van der Waals surface area contributed by atoms with Crippen molar-refractivity contribution in [2.24, 2.45) is 5.73 Å². The number of benzene rings is 1. The van der Waals surface area contributed by atoms with Gasteiger partial charge < -0.3 is 5.73 Å². The van der Waals surface area contributed by atoms with E-state index in [0.29, 0.717) is 19.4 Å². The molecule has 0 radical (unpaired) electrons. The fraction of sp³-hybridized carbons (Fsp3) is 0.364. The molecule has 92 valence electrons. The molecule has 1 amide bonds. The highest BCUT2D eigenvalue weighted by Gasteiger charge is 2.38. The Bertz CT molecular complexity index is 513. The molecule has 17 heavy (non-hydrogen) atoms. The van der Waals surface area contributed by atoms with E-state index in [0.717, 1.165) is 0 Å². The molecule has 6 heteroatoms. The summed E-state index contributed by atoms with van der Waals surface area (Å²) < 4.78 is 25.7. The quantitative estimate of drug-likeness (QED) is 0.843. The fourth-order valence-electron chi connectivity index (χ4n) is 2.04. The number of primary amides is 1. The third kappa shape index (κ3) is 2.18. The molecule has 5 nitrogen and oxygen atoms in total. The van der Waals surface area contributed by atoms with E-state index in [2.05, 4.69) is 0 Å². The van der Waals surface area contributed by atoms with Gasteiger partial charge in [-0.3, -0.25) is 4.79 Å². The lowest BCUT2D eigenvalue weighted by molar-refractivity contribution is -0.121. The average molecular weight is 254 g/mol. The minimum atomic E-state index is -3.60. The van der Waals surface area contributed by atoms with E-state index in [-0.39, 0.29) is 4.90 Å². The zero-order chi connectivity index (χ0) is 12.5. The summed E-state index contributed by atoms with van der Waals surface area (Å²) in [5.41, 5.74) is 5.22. The van der Waals surface area contributed by atoms with Crippen LogP contribution in [0.15, 0.2) is 35.2 Å². The summed E-state index contributed by atoms with van der Waals surface area (Å²) >= 11 is 0. The minimum Gasteiger partial charge on any atom is -0.368 e. The molecule has 0 aliphatic carbocycles. The van der Waals surface area contributed by atoms with Gasteiger partial charge in [-0.15, -0.1) is 0 Å². The Kier molecular flexibility index (Phi) is 3.17. The van der Waals surface area contributed by atoms with Gasteiger partial charge in [-0.2, -0.15) is 4.31 Å². The van der Waals surface area contributed by atoms with Crippen LogP contribution in [0.1, 0.15) is 12.8 Å². The number of hydrogen-bond acceptors (Lipinski definition) is 3. The van der Waals surface area contributed by atoms with Crippen molar-refractivity contribution in [3.63, 3.8) is 0 Å². The smallest absolute Gasteiger partial charge is 0.243 e. The van der Waals surface area contributed by atoms with Gasteiger partial charge in [-0.25, -0.2) is 8.42 Å². The van der Waals surface area contributed by atoms with Crippen LogP contribution in [0.4, 0.5) is 0 Å². The van der Waals surface area contributed by atoms with Crippen molar-refractivity contribution in [1.82, 2.24) is 4.31 Å². The lowest BCUT2D eigenvalue weighted by atomic mass is 10.2. The lowest BCUT2D eigenvalue weighted by Gasteiger charge is -2.21. The molecule has 1 aromatic rings. The van der Waals surface area contributed by atoms with Crippen LogP contribution in [-0.2, 0) is 14.8 Å². The predicted octanol–water partition coefficient (Wildman–Crippen LogP) is 0.325. The van der Waals surface area contributed by atoms with Gasteiger partial charge >= 0.3 is 0 Å². The van der Waals surface area contributed by atoms with Crippen LogP contribution < -0.4 is 5.73 Å². The van der Waals surface area contributed by atoms with E-state index in [1.165, 1.54) is 16.4 Å². The Morgan fingerprint density at radius 3 is 2.53 bits per heavy atom. The summed E-state index contributed by atoms with van der Waals surface area (Å²) in [6, 6.07) is 7.39. The van der Waals surface area contributed by atoms with Gasteiger partial charge in [0, 0.05) is 6.54 Å². The zero-order valence-corrected chi connectivity index (χ0v) is 10.1. The topological polar surface area (TPSA) is 80.5 Å². The molecular formula is C11H14N2O3S. The molecule has 1 unspecified atom stereocenters. The first kappa shape index (κ1) is 12.1. The molecule has 0 saturated carbocycles. The number of nitrogens with zero attached hydrogens (tertiary/aromatic N) is 1. The highest BCUT2D eigenvalue weighted by Crippen LogP contribution is 2.25. The highest BCUT2D eigenvalue weighted by molar-refractivity contribution is 7.89. The molecule has 1 aliphatic rings. The van der Waals surface area contributed by atoms with E-state index in [1.54, 1.807) is 18.2 Å². The molecule has 1 fully saturated rings. The van der Waals surface area contributed by atoms with E-state index in [4.69, 9.17) is 5.73 Å². The maximum Gasteiger partial charge on any atom is 0.243 e. The van der Waals surface area contributed by atoms with Crippen LogP contribution in [-0.4, -0.2) is 31.2 Å². The van der Waals surface area contributed by atoms with Crippen molar-refractivity contribution in [1.29, 1.82) is 0 Å². The number of carbonyl (C=O) groups is 1. The van der Waals surface area contributed by atoms with Gasteiger partial charge in [0.25, 0.3) is 0 Å². The molecule has 0 bridgehead atoms. The normalized spacial score (nSPS) is 21.5. The van der Waals surface area contributed by atoms with E-state index in [1.807, 2.05) is 0 Å². The van der Waals surface area contributed by atoms with Crippen molar-refractivity contribution in [2.75, 3.05) is 6.54 Å². The lowest BCUT2D eigenvalue weighted by Crippen LogP contribution is -2.43. The van der Waals surface area contributed by atoms with E-state index in [9.17, 15) is 13.2 Å². The van der Waals surface area contributed by atoms with Crippen LogP contribution in [0.2, 0.25) is 0 Å². The van der Waals surface area contributed by atoms with Crippen molar-refractivity contribution in [3.8, 4) is 0 Å². The van der Waals surface area contributed by atoms with Gasteiger partial charge in [-0.05, 0) is 25.0 Å². The number of sulfonamides is 1. The Balaban J connectivity index is 2.37.